The Kier molecular flexibility index (Phi) is 5.10. The molecule has 0 aromatic heterocycles. The summed E-state index contributed by atoms with van der Waals surface area (Å²) < 4.78 is 23.7. The van der Waals surface area contributed by atoms with Crippen molar-refractivity contribution < 1.29 is 18.7 Å². The largest absolute Gasteiger partial charge is 0.489 e. The molecule has 5 fully saturated rings. The van der Waals surface area contributed by atoms with Crippen LogP contribution in [0.25, 0.3) is 0 Å². The quantitative estimate of drug-likeness (QED) is 0.719. The number of ether oxygens (including phenoxy) is 2. The number of benzene rings is 1. The van der Waals surface area contributed by atoms with E-state index in [4.69, 9.17) is 15.2 Å². The van der Waals surface area contributed by atoms with Crippen LogP contribution in [0.1, 0.15) is 44.1 Å². The molecule has 4 aliphatic carbocycles. The van der Waals surface area contributed by atoms with Gasteiger partial charge < -0.3 is 20.5 Å². The molecule has 5 aliphatic rings. The van der Waals surface area contributed by atoms with Crippen LogP contribution in [0.3, 0.4) is 0 Å². The Morgan fingerprint density at radius 2 is 1.77 bits per heavy atom. The highest BCUT2D eigenvalue weighted by atomic mass is 19.1. The summed E-state index contributed by atoms with van der Waals surface area (Å²) >= 11 is 0. The summed E-state index contributed by atoms with van der Waals surface area (Å²) in [5.41, 5.74) is 7.25. The van der Waals surface area contributed by atoms with E-state index in [0.717, 1.165) is 57.5 Å². The molecule has 0 unspecified atom stereocenters. The molecular formula is C24H31FN2O3. The van der Waals surface area contributed by atoms with E-state index in [1.165, 1.54) is 5.56 Å². The lowest BCUT2D eigenvalue weighted by Gasteiger charge is -2.53. The van der Waals surface area contributed by atoms with E-state index >= 15 is 0 Å². The minimum atomic E-state index is -0.167. The highest BCUT2D eigenvalue weighted by Crippen LogP contribution is 2.58. The summed E-state index contributed by atoms with van der Waals surface area (Å²) in [7, 11) is 0. The maximum Gasteiger partial charge on any atom is 0.226 e. The molecule has 6 rings (SSSR count). The highest BCUT2D eigenvalue weighted by Gasteiger charge is 2.58. The fourth-order valence-corrected chi connectivity index (χ4v) is 5.93. The summed E-state index contributed by atoms with van der Waals surface area (Å²) in [6.07, 6.45) is 6.60. The zero-order valence-electron chi connectivity index (χ0n) is 17.4. The van der Waals surface area contributed by atoms with Gasteiger partial charge in [-0.1, -0.05) is 12.1 Å². The minimum Gasteiger partial charge on any atom is -0.489 e. The van der Waals surface area contributed by atoms with Crippen molar-refractivity contribution >= 4 is 5.91 Å². The summed E-state index contributed by atoms with van der Waals surface area (Å²) in [4.78, 5) is 13.1. The topological polar surface area (TPSA) is 73.6 Å². The van der Waals surface area contributed by atoms with E-state index < -0.39 is 0 Å². The number of nitrogens with two attached hydrogens (primary N) is 1. The van der Waals surface area contributed by atoms with Crippen LogP contribution in [0.2, 0.25) is 0 Å². The normalized spacial score (nSPS) is 37.0. The predicted octanol–water partition coefficient (Wildman–Crippen LogP) is 3.23. The molecule has 1 aliphatic heterocycles. The van der Waals surface area contributed by atoms with Crippen LogP contribution in [0.4, 0.5) is 4.39 Å². The van der Waals surface area contributed by atoms with E-state index in [9.17, 15) is 9.18 Å². The van der Waals surface area contributed by atoms with Crippen LogP contribution in [-0.4, -0.2) is 38.3 Å². The van der Waals surface area contributed by atoms with Crippen LogP contribution in [-0.2, 0) is 14.9 Å². The molecule has 0 spiro atoms. The first kappa shape index (κ1) is 20.0. The van der Waals surface area contributed by atoms with Gasteiger partial charge in [-0.3, -0.25) is 4.79 Å². The predicted molar refractivity (Wildman–Crippen MR) is 112 cm³/mol. The number of hydrogen-bond acceptors (Lipinski definition) is 4. The first-order valence-corrected chi connectivity index (χ1v) is 11.2. The van der Waals surface area contributed by atoms with Crippen molar-refractivity contribution in [2.45, 2.75) is 50.0 Å². The Hall–Kier alpha value is -1.92. The molecule has 5 nitrogen and oxygen atoms in total. The maximum absolute atomic E-state index is 13.1. The van der Waals surface area contributed by atoms with Gasteiger partial charge in [0, 0.05) is 35.4 Å². The van der Waals surface area contributed by atoms with Gasteiger partial charge in [0.1, 0.15) is 12.4 Å². The Morgan fingerprint density at radius 3 is 2.33 bits per heavy atom. The summed E-state index contributed by atoms with van der Waals surface area (Å²) in [5.74, 6) is 2.12. The number of rotatable bonds is 7. The van der Waals surface area contributed by atoms with Crippen molar-refractivity contribution in [1.82, 2.24) is 5.32 Å². The molecule has 162 valence electrons. The highest BCUT2D eigenvalue weighted by molar-refractivity contribution is 5.84. The molecule has 0 radical (unpaired) electrons. The van der Waals surface area contributed by atoms with Crippen LogP contribution < -0.4 is 15.8 Å². The lowest BCUT2D eigenvalue weighted by atomic mass is 9.51. The van der Waals surface area contributed by atoms with Crippen molar-refractivity contribution in [3.05, 3.63) is 41.7 Å². The van der Waals surface area contributed by atoms with Gasteiger partial charge in [0.25, 0.3) is 0 Å². The second-order valence-electron chi connectivity index (χ2n) is 9.71. The zero-order valence-corrected chi connectivity index (χ0v) is 17.4. The molecule has 30 heavy (non-hydrogen) atoms. The summed E-state index contributed by atoms with van der Waals surface area (Å²) in [6, 6.07) is 8.57. The average molecular weight is 415 g/mol. The fraction of sp³-hybridized carbons (Fsp3) is 0.625. The van der Waals surface area contributed by atoms with Gasteiger partial charge in [-0.05, 0) is 61.6 Å². The van der Waals surface area contributed by atoms with E-state index in [2.05, 4.69) is 17.4 Å². The third-order valence-corrected chi connectivity index (χ3v) is 8.29. The average Bonchev–Trinajstić information content (AvgIpc) is 3.21. The van der Waals surface area contributed by atoms with Crippen LogP contribution in [0, 0.1) is 17.3 Å². The minimum absolute atomic E-state index is 0.156. The lowest BCUT2D eigenvalue weighted by molar-refractivity contribution is -0.138. The Labute approximate surface area is 177 Å². The smallest absolute Gasteiger partial charge is 0.226 e. The molecule has 1 aromatic carbocycles. The van der Waals surface area contributed by atoms with Gasteiger partial charge >= 0.3 is 0 Å². The van der Waals surface area contributed by atoms with Gasteiger partial charge in [-0.25, -0.2) is 4.39 Å². The van der Waals surface area contributed by atoms with E-state index in [1.807, 2.05) is 12.1 Å². The first-order valence-electron chi connectivity index (χ1n) is 11.2. The third-order valence-electron chi connectivity index (χ3n) is 8.29. The van der Waals surface area contributed by atoms with Gasteiger partial charge in [-0.2, -0.15) is 0 Å². The van der Waals surface area contributed by atoms with Crippen molar-refractivity contribution in [3.63, 3.8) is 0 Å². The third kappa shape index (κ3) is 3.34. The van der Waals surface area contributed by atoms with Crippen LogP contribution >= 0.6 is 0 Å². The van der Waals surface area contributed by atoms with E-state index in [-0.39, 0.29) is 29.9 Å². The van der Waals surface area contributed by atoms with E-state index in [0.29, 0.717) is 29.8 Å². The summed E-state index contributed by atoms with van der Waals surface area (Å²) in [6.45, 7) is 1.94. The molecule has 1 amide bonds. The van der Waals surface area contributed by atoms with Crippen molar-refractivity contribution in [2.24, 2.45) is 23.0 Å². The zero-order chi connectivity index (χ0) is 20.8. The first-order chi connectivity index (χ1) is 14.6. The number of nitrogens with one attached hydrogen (secondary N) is 1. The number of carbonyl (C=O) groups excluding carboxylic acids is 1. The molecule has 6 heteroatoms. The monoisotopic (exact) mass is 414 g/mol. The van der Waals surface area contributed by atoms with Crippen LogP contribution in [0.15, 0.2) is 36.2 Å². The lowest BCUT2D eigenvalue weighted by Crippen LogP contribution is -2.52. The molecule has 4 saturated carbocycles. The van der Waals surface area contributed by atoms with E-state index in [1.54, 1.807) is 0 Å². The van der Waals surface area contributed by atoms with Gasteiger partial charge in [0.05, 0.1) is 19.5 Å². The molecule has 1 saturated heterocycles. The molecule has 1 heterocycles. The second kappa shape index (κ2) is 7.65. The number of amides is 1. The van der Waals surface area contributed by atoms with Crippen molar-refractivity contribution in [2.75, 3.05) is 26.4 Å². The van der Waals surface area contributed by atoms with Crippen molar-refractivity contribution in [3.8, 4) is 5.75 Å². The molecule has 1 aromatic rings. The number of carbonyl (C=O) groups is 1. The number of fused-ring (bicyclic) bond motifs is 4. The number of hydrogen-bond donors (Lipinski definition) is 2. The van der Waals surface area contributed by atoms with Crippen LogP contribution in [0.5, 0.6) is 5.75 Å². The Bertz CT molecular complexity index is 803. The molecular weight excluding hydrogens is 383 g/mol. The molecule has 2 bridgehead atoms. The van der Waals surface area contributed by atoms with Gasteiger partial charge in [0.15, 0.2) is 0 Å². The maximum atomic E-state index is 13.1. The Balaban J connectivity index is 1.19. The van der Waals surface area contributed by atoms with Crippen molar-refractivity contribution in [1.29, 1.82) is 0 Å². The van der Waals surface area contributed by atoms with Gasteiger partial charge in [0.2, 0.25) is 5.91 Å². The Morgan fingerprint density at radius 1 is 1.13 bits per heavy atom. The fourth-order valence-electron chi connectivity index (χ4n) is 5.93. The standard InChI is InChI=1S/C24H31FN2O3/c25-11-16(12-26)13-30-18-3-1-17(2-4-18)23-5-8-24(9-6-23,10-7-23)22(28)27-21-19-14-29-15-20(19)21/h1-4,11,19-21H,5-10,12-15,26H2,(H,27,28)/b16-11+/t19-,20-,23?,24?/m0/s1. The van der Waals surface area contributed by atoms with Gasteiger partial charge in [-0.15, -0.1) is 0 Å². The SMILES string of the molecule is NC/C(=C\F)COc1ccc(C23CCC(C(=O)NC4[C@H]5COC[C@H]45)(CC2)CC3)cc1. The number of halogens is 1. The molecule has 2 atom stereocenters. The summed E-state index contributed by atoms with van der Waals surface area (Å²) in [5, 5.41) is 3.36. The molecule has 3 N–H and O–H groups in total. The second-order valence-corrected chi connectivity index (χ2v) is 9.71.